The van der Waals surface area contributed by atoms with Gasteiger partial charge in [0.25, 0.3) is 5.91 Å². The molecule has 0 unspecified atom stereocenters. The van der Waals surface area contributed by atoms with E-state index in [1.165, 1.54) is 16.7 Å². The Hall–Kier alpha value is -2.05. The predicted molar refractivity (Wildman–Crippen MR) is 132 cm³/mol. The second-order valence-electron chi connectivity index (χ2n) is 6.66. The molecule has 1 heterocycles. The zero-order valence-electron chi connectivity index (χ0n) is 16.0. The molecule has 0 spiro atoms. The van der Waals surface area contributed by atoms with Crippen molar-refractivity contribution in [3.05, 3.63) is 75.1 Å². The van der Waals surface area contributed by atoms with Crippen LogP contribution in [0.3, 0.4) is 0 Å². The first-order valence-corrected chi connectivity index (χ1v) is 11.3. The van der Waals surface area contributed by atoms with Crippen LogP contribution in [0.4, 0.5) is 5.69 Å². The van der Waals surface area contributed by atoms with Crippen LogP contribution in [0.25, 0.3) is 16.8 Å². The lowest BCUT2D eigenvalue weighted by atomic mass is 10.0. The molecule has 0 aromatic heterocycles. The van der Waals surface area contributed by atoms with Crippen molar-refractivity contribution in [2.75, 3.05) is 11.5 Å². The van der Waals surface area contributed by atoms with E-state index in [1.54, 1.807) is 18.2 Å². The number of ether oxygens (including phenoxy) is 1. The number of fused-ring (bicyclic) bond motifs is 1. The quantitative estimate of drug-likeness (QED) is 0.286. The van der Waals surface area contributed by atoms with Crippen molar-refractivity contribution in [2.24, 2.45) is 0 Å². The number of carbonyl (C=O) groups is 1. The Morgan fingerprint density at radius 2 is 1.90 bits per heavy atom. The molecule has 7 heteroatoms. The Kier molecular flexibility index (Phi) is 6.34. The fourth-order valence-electron chi connectivity index (χ4n) is 3.21. The lowest BCUT2D eigenvalue weighted by Crippen LogP contribution is -2.27. The lowest BCUT2D eigenvalue weighted by molar-refractivity contribution is -0.113. The molecule has 3 nitrogen and oxygen atoms in total. The molecule has 1 fully saturated rings. The van der Waals surface area contributed by atoms with Crippen molar-refractivity contribution in [2.45, 2.75) is 13.3 Å². The summed E-state index contributed by atoms with van der Waals surface area (Å²) in [6.45, 7) is 2.66. The van der Waals surface area contributed by atoms with Gasteiger partial charge in [-0.2, -0.15) is 0 Å². The van der Waals surface area contributed by atoms with Crippen LogP contribution in [0.15, 0.2) is 59.5 Å². The number of amides is 1. The third kappa shape index (κ3) is 4.08. The van der Waals surface area contributed by atoms with Crippen LogP contribution in [0.5, 0.6) is 5.75 Å². The maximum atomic E-state index is 13.2. The fraction of sp³-hybridized carbons (Fsp3) is 0.130. The van der Waals surface area contributed by atoms with Gasteiger partial charge in [-0.15, -0.1) is 0 Å². The Morgan fingerprint density at radius 3 is 2.67 bits per heavy atom. The molecule has 0 bridgehead atoms. The molecule has 0 atom stereocenters. The number of halogens is 2. The molecule has 0 N–H and O–H groups in total. The molecule has 4 rings (SSSR count). The van der Waals surface area contributed by atoms with Crippen molar-refractivity contribution in [1.82, 2.24) is 0 Å². The van der Waals surface area contributed by atoms with Crippen molar-refractivity contribution in [3.63, 3.8) is 0 Å². The zero-order chi connectivity index (χ0) is 21.3. The van der Waals surface area contributed by atoms with E-state index in [4.69, 9.17) is 40.2 Å². The lowest BCUT2D eigenvalue weighted by Gasteiger charge is -2.15. The number of thiocarbonyl (C=S) groups is 1. The standard InChI is InChI=1S/C23H17Cl2NO2S2/c1-2-11-28-20-10-7-14-5-3-4-6-16(14)17(20)13-21-22(27)26(23(29)30-21)15-8-9-18(24)19(25)12-15/h3-10,12-13H,2,11H2,1H3/b21-13+. The Bertz CT molecular complexity index is 1190. The van der Waals surface area contributed by atoms with Gasteiger partial charge in [0.05, 0.1) is 27.2 Å². The third-order valence-electron chi connectivity index (χ3n) is 4.62. The summed E-state index contributed by atoms with van der Waals surface area (Å²) in [6.07, 6.45) is 2.76. The van der Waals surface area contributed by atoms with E-state index in [0.29, 0.717) is 31.6 Å². The number of benzene rings is 3. The highest BCUT2D eigenvalue weighted by molar-refractivity contribution is 8.27. The molecule has 1 aliphatic rings. The number of thioether (sulfide) groups is 1. The van der Waals surface area contributed by atoms with Crippen LogP contribution in [0, 0.1) is 0 Å². The monoisotopic (exact) mass is 473 g/mol. The highest BCUT2D eigenvalue weighted by Crippen LogP contribution is 2.40. The average Bonchev–Trinajstić information content (AvgIpc) is 3.02. The van der Waals surface area contributed by atoms with Gasteiger partial charge >= 0.3 is 0 Å². The SMILES string of the molecule is CCCOc1ccc2ccccc2c1/C=C1/SC(=S)N(c2ccc(Cl)c(Cl)c2)C1=O. The molecule has 30 heavy (non-hydrogen) atoms. The minimum Gasteiger partial charge on any atom is -0.493 e. The molecule has 0 aliphatic carbocycles. The summed E-state index contributed by atoms with van der Waals surface area (Å²) in [5.74, 6) is 0.549. The Balaban J connectivity index is 1.78. The summed E-state index contributed by atoms with van der Waals surface area (Å²) < 4.78 is 6.41. The van der Waals surface area contributed by atoms with Gasteiger partial charge in [0.1, 0.15) is 5.75 Å². The van der Waals surface area contributed by atoms with Crippen molar-refractivity contribution < 1.29 is 9.53 Å². The number of rotatable bonds is 5. The minimum atomic E-state index is -0.197. The first-order valence-electron chi connectivity index (χ1n) is 9.37. The van der Waals surface area contributed by atoms with Crippen LogP contribution in [0.2, 0.25) is 10.0 Å². The molecular weight excluding hydrogens is 457 g/mol. The number of hydrogen-bond donors (Lipinski definition) is 0. The molecular formula is C23H17Cl2NO2S2. The highest BCUT2D eigenvalue weighted by Gasteiger charge is 2.34. The van der Waals surface area contributed by atoms with Gasteiger partial charge in [-0.3, -0.25) is 9.69 Å². The van der Waals surface area contributed by atoms with Crippen LogP contribution in [-0.4, -0.2) is 16.8 Å². The third-order valence-corrected chi connectivity index (χ3v) is 6.66. The molecule has 1 amide bonds. The van der Waals surface area contributed by atoms with Gasteiger partial charge in [-0.1, -0.05) is 84.4 Å². The number of hydrogen-bond acceptors (Lipinski definition) is 4. The first kappa shape index (κ1) is 21.2. The van der Waals surface area contributed by atoms with Gasteiger partial charge < -0.3 is 4.74 Å². The number of nitrogens with zero attached hydrogens (tertiary/aromatic N) is 1. The Labute approximate surface area is 194 Å². The number of carbonyl (C=O) groups excluding carboxylic acids is 1. The highest BCUT2D eigenvalue weighted by atomic mass is 35.5. The number of anilines is 1. The first-order chi connectivity index (χ1) is 14.5. The van der Waals surface area contributed by atoms with Gasteiger partial charge in [0, 0.05) is 5.56 Å². The van der Waals surface area contributed by atoms with E-state index in [1.807, 2.05) is 42.5 Å². The molecule has 0 radical (unpaired) electrons. The maximum Gasteiger partial charge on any atom is 0.270 e. The summed E-state index contributed by atoms with van der Waals surface area (Å²) in [5, 5.41) is 2.89. The van der Waals surface area contributed by atoms with Crippen LogP contribution >= 0.6 is 47.2 Å². The van der Waals surface area contributed by atoms with Crippen molar-refractivity contribution in [3.8, 4) is 5.75 Å². The molecule has 1 aliphatic heterocycles. The molecule has 3 aromatic rings. The van der Waals surface area contributed by atoms with E-state index in [2.05, 4.69) is 6.92 Å². The second-order valence-corrected chi connectivity index (χ2v) is 9.15. The van der Waals surface area contributed by atoms with Crippen LogP contribution < -0.4 is 9.64 Å². The topological polar surface area (TPSA) is 29.5 Å². The largest absolute Gasteiger partial charge is 0.493 e. The maximum absolute atomic E-state index is 13.2. The van der Waals surface area contributed by atoms with Gasteiger partial charge in [-0.05, 0) is 47.5 Å². The van der Waals surface area contributed by atoms with E-state index < -0.39 is 0 Å². The molecule has 3 aromatic carbocycles. The van der Waals surface area contributed by atoms with Crippen molar-refractivity contribution >= 4 is 79.9 Å². The summed E-state index contributed by atoms with van der Waals surface area (Å²) >= 11 is 18.9. The molecule has 0 saturated carbocycles. The zero-order valence-corrected chi connectivity index (χ0v) is 19.2. The minimum absolute atomic E-state index is 0.197. The Morgan fingerprint density at radius 1 is 1.10 bits per heavy atom. The van der Waals surface area contributed by atoms with Crippen LogP contribution in [0.1, 0.15) is 18.9 Å². The summed E-state index contributed by atoms with van der Waals surface area (Å²) in [4.78, 5) is 15.2. The summed E-state index contributed by atoms with van der Waals surface area (Å²) in [6, 6.07) is 17.0. The average molecular weight is 474 g/mol. The molecule has 152 valence electrons. The van der Waals surface area contributed by atoms with Crippen molar-refractivity contribution in [1.29, 1.82) is 0 Å². The van der Waals surface area contributed by atoms with Crippen LogP contribution in [-0.2, 0) is 4.79 Å². The van der Waals surface area contributed by atoms with E-state index in [0.717, 1.165) is 28.5 Å². The molecule has 1 saturated heterocycles. The normalized spacial score (nSPS) is 15.4. The second kappa shape index (κ2) is 8.98. The smallest absolute Gasteiger partial charge is 0.270 e. The van der Waals surface area contributed by atoms with E-state index in [-0.39, 0.29) is 5.91 Å². The van der Waals surface area contributed by atoms with Gasteiger partial charge in [-0.25, -0.2) is 0 Å². The van der Waals surface area contributed by atoms with Gasteiger partial charge in [0.2, 0.25) is 0 Å². The predicted octanol–water partition coefficient (Wildman–Crippen LogP) is 7.34. The summed E-state index contributed by atoms with van der Waals surface area (Å²) in [5.41, 5.74) is 1.46. The fourth-order valence-corrected chi connectivity index (χ4v) is 4.78. The van der Waals surface area contributed by atoms with Gasteiger partial charge in [0.15, 0.2) is 4.32 Å². The van der Waals surface area contributed by atoms with E-state index >= 15 is 0 Å². The summed E-state index contributed by atoms with van der Waals surface area (Å²) in [7, 11) is 0. The van der Waals surface area contributed by atoms with E-state index in [9.17, 15) is 4.79 Å².